The average Bonchev–Trinajstić information content (AvgIpc) is 3.46. The highest BCUT2D eigenvalue weighted by Crippen LogP contribution is 2.34. The number of benzene rings is 2. The number of aliphatic hydroxyl groups excluding tert-OH is 1. The monoisotopic (exact) mass is 620 g/mol. The molecule has 0 aromatic heterocycles. The summed E-state index contributed by atoms with van der Waals surface area (Å²) in [5.41, 5.74) is 1.90. The van der Waals surface area contributed by atoms with Gasteiger partial charge in [-0.3, -0.25) is 14.6 Å². The van der Waals surface area contributed by atoms with Crippen LogP contribution < -0.4 is 15.0 Å². The maximum Gasteiger partial charge on any atom is 0.573 e. The molecule has 0 radical (unpaired) electrons. The van der Waals surface area contributed by atoms with Gasteiger partial charge in [-0.15, -0.1) is 13.2 Å². The molecule has 2 fully saturated rings. The molecule has 1 atom stereocenters. The first-order chi connectivity index (χ1) is 20.2. The number of hydrogen-bond acceptors (Lipinski definition) is 7. The second-order valence-electron chi connectivity index (χ2n) is 10.9. The number of amidine groups is 1. The Balaban J connectivity index is 1.28. The highest BCUT2D eigenvalue weighted by molar-refractivity contribution is 7.92. The predicted octanol–water partition coefficient (Wildman–Crippen LogP) is 3.40. The predicted molar refractivity (Wildman–Crippen MR) is 153 cm³/mol. The minimum atomic E-state index is -4.87. The number of anilines is 1. The van der Waals surface area contributed by atoms with E-state index in [1.807, 2.05) is 13.8 Å². The SMILES string of the molecule is Cc1cc(N2C(=O)CC[C@@H]2CO)cc(C)c1/C=C/S(=O)(=O)N1CCC2(CC1)N=C(c1cccc(OC(F)(F)F)c1)NC2=O. The molecule has 0 saturated carbocycles. The van der Waals surface area contributed by atoms with E-state index in [0.29, 0.717) is 24.1 Å². The van der Waals surface area contributed by atoms with Crippen LogP contribution in [-0.4, -0.2) is 73.1 Å². The number of rotatable bonds is 7. The zero-order valence-corrected chi connectivity index (χ0v) is 24.3. The van der Waals surface area contributed by atoms with Crippen LogP contribution in [0.4, 0.5) is 18.9 Å². The lowest BCUT2D eigenvalue weighted by Crippen LogP contribution is -2.50. The third-order valence-corrected chi connectivity index (χ3v) is 9.60. The second kappa shape index (κ2) is 11.4. The van der Waals surface area contributed by atoms with Crippen LogP contribution in [0.15, 0.2) is 46.8 Å². The minimum Gasteiger partial charge on any atom is -0.406 e. The Morgan fingerprint density at radius 3 is 2.44 bits per heavy atom. The Labute approximate surface area is 246 Å². The van der Waals surface area contributed by atoms with Gasteiger partial charge < -0.3 is 20.1 Å². The van der Waals surface area contributed by atoms with Crippen molar-refractivity contribution in [1.29, 1.82) is 0 Å². The molecule has 2 N–H and O–H groups in total. The molecule has 43 heavy (non-hydrogen) atoms. The van der Waals surface area contributed by atoms with Crippen LogP contribution in [0.2, 0.25) is 0 Å². The van der Waals surface area contributed by atoms with E-state index in [0.717, 1.165) is 28.7 Å². The number of carbonyl (C=O) groups excluding carboxylic acids is 2. The van der Waals surface area contributed by atoms with Crippen LogP contribution >= 0.6 is 0 Å². The number of hydrogen-bond donors (Lipinski definition) is 2. The number of alkyl halides is 3. The van der Waals surface area contributed by atoms with E-state index >= 15 is 0 Å². The third kappa shape index (κ3) is 6.31. The van der Waals surface area contributed by atoms with Crippen LogP contribution in [-0.2, 0) is 19.6 Å². The van der Waals surface area contributed by atoms with E-state index in [-0.39, 0.29) is 55.9 Å². The van der Waals surface area contributed by atoms with Crippen molar-refractivity contribution in [2.24, 2.45) is 4.99 Å². The van der Waals surface area contributed by atoms with Crippen LogP contribution in [0.25, 0.3) is 6.08 Å². The number of carbonyl (C=O) groups is 2. The van der Waals surface area contributed by atoms with E-state index in [1.54, 1.807) is 17.0 Å². The normalized spacial score (nSPS) is 21.1. The zero-order chi connectivity index (χ0) is 31.2. The third-order valence-electron chi connectivity index (χ3n) is 8.03. The summed E-state index contributed by atoms with van der Waals surface area (Å²) in [6.07, 6.45) is -2.24. The fourth-order valence-corrected chi connectivity index (χ4v) is 6.98. The molecular weight excluding hydrogens is 589 g/mol. The molecule has 2 saturated heterocycles. The lowest BCUT2D eigenvalue weighted by atomic mass is 9.89. The van der Waals surface area contributed by atoms with Crippen LogP contribution in [0.3, 0.4) is 0 Å². The van der Waals surface area contributed by atoms with Crippen LogP contribution in [0.1, 0.15) is 47.9 Å². The van der Waals surface area contributed by atoms with Gasteiger partial charge in [0, 0.05) is 36.2 Å². The molecular formula is C29H31F3N4O6S. The van der Waals surface area contributed by atoms with Crippen molar-refractivity contribution in [2.75, 3.05) is 24.6 Å². The van der Waals surface area contributed by atoms with Gasteiger partial charge in [-0.1, -0.05) is 12.1 Å². The van der Waals surface area contributed by atoms with Crippen molar-refractivity contribution >= 4 is 39.4 Å². The molecule has 2 aromatic rings. The smallest absolute Gasteiger partial charge is 0.406 e. The number of sulfonamides is 1. The molecule has 0 aliphatic carbocycles. The van der Waals surface area contributed by atoms with Gasteiger partial charge in [0.25, 0.3) is 5.91 Å². The first kappa shape index (κ1) is 30.7. The summed E-state index contributed by atoms with van der Waals surface area (Å²) in [7, 11) is -3.86. The Kier molecular flexibility index (Phi) is 8.13. The molecule has 1 spiro atoms. The van der Waals surface area contributed by atoms with Gasteiger partial charge in [0.2, 0.25) is 15.9 Å². The van der Waals surface area contributed by atoms with E-state index in [1.165, 1.54) is 22.5 Å². The fraction of sp³-hybridized carbons (Fsp3) is 0.414. The lowest BCUT2D eigenvalue weighted by Gasteiger charge is -2.34. The number of halogens is 3. The van der Waals surface area contributed by atoms with Crippen molar-refractivity contribution < 1.29 is 41.0 Å². The number of aliphatic hydroxyl groups is 1. The van der Waals surface area contributed by atoms with Crippen LogP contribution in [0, 0.1) is 13.8 Å². The highest BCUT2D eigenvalue weighted by atomic mass is 32.2. The van der Waals surface area contributed by atoms with Crippen molar-refractivity contribution in [3.05, 3.63) is 64.1 Å². The molecule has 2 aromatic carbocycles. The van der Waals surface area contributed by atoms with E-state index in [4.69, 9.17) is 0 Å². The number of piperidine rings is 1. The van der Waals surface area contributed by atoms with Crippen molar-refractivity contribution in [1.82, 2.24) is 9.62 Å². The molecule has 10 nitrogen and oxygen atoms in total. The van der Waals surface area contributed by atoms with Crippen LogP contribution in [0.5, 0.6) is 5.75 Å². The quantitative estimate of drug-likeness (QED) is 0.489. The van der Waals surface area contributed by atoms with Gasteiger partial charge in [0.1, 0.15) is 17.1 Å². The van der Waals surface area contributed by atoms with Gasteiger partial charge in [0.05, 0.1) is 12.6 Å². The summed E-state index contributed by atoms with van der Waals surface area (Å²) in [4.78, 5) is 31.4. The van der Waals surface area contributed by atoms with Gasteiger partial charge in [-0.05, 0) is 80.1 Å². The first-order valence-electron chi connectivity index (χ1n) is 13.7. The van der Waals surface area contributed by atoms with Gasteiger partial charge >= 0.3 is 6.36 Å². The summed E-state index contributed by atoms with van der Waals surface area (Å²) >= 11 is 0. The maximum atomic E-state index is 13.2. The summed E-state index contributed by atoms with van der Waals surface area (Å²) in [5, 5.41) is 13.4. The molecule has 2 amide bonds. The molecule has 0 unspecified atom stereocenters. The number of nitrogens with one attached hydrogen (secondary N) is 1. The van der Waals surface area contributed by atoms with Crippen molar-refractivity contribution in [3.8, 4) is 5.75 Å². The van der Waals surface area contributed by atoms with Gasteiger partial charge in [-0.2, -0.15) is 4.31 Å². The number of aryl methyl sites for hydroxylation is 2. The van der Waals surface area contributed by atoms with Crippen molar-refractivity contribution in [3.63, 3.8) is 0 Å². The summed E-state index contributed by atoms with van der Waals surface area (Å²) in [5.74, 6) is -0.856. The maximum absolute atomic E-state index is 13.2. The Morgan fingerprint density at radius 1 is 1.14 bits per heavy atom. The summed E-state index contributed by atoms with van der Waals surface area (Å²) < 4.78 is 69.6. The van der Waals surface area contributed by atoms with Crippen molar-refractivity contribution in [2.45, 2.75) is 57.5 Å². The number of nitrogens with zero attached hydrogens (tertiary/aromatic N) is 3. The topological polar surface area (TPSA) is 129 Å². The van der Waals surface area contributed by atoms with E-state index < -0.39 is 33.6 Å². The molecule has 3 aliphatic rings. The molecule has 0 bridgehead atoms. The molecule has 230 valence electrons. The zero-order valence-electron chi connectivity index (χ0n) is 23.5. The van der Waals surface area contributed by atoms with Gasteiger partial charge in [-0.25, -0.2) is 8.42 Å². The molecule has 5 rings (SSSR count). The summed E-state index contributed by atoms with van der Waals surface area (Å²) in [6.45, 7) is 3.54. The average molecular weight is 621 g/mol. The van der Waals surface area contributed by atoms with E-state index in [9.17, 15) is 36.3 Å². The Bertz CT molecular complexity index is 1590. The number of aliphatic imine (C=N–C) groups is 1. The minimum absolute atomic E-state index is 0.0185. The standard InChI is InChI=1S/C29H31F3N4O6S/c1-18-14-22(36-21(17-37)6-7-25(36)38)15-19(2)24(18)8-13-43(40,41)35-11-9-28(10-12-35)27(39)33-26(34-28)20-4-3-5-23(16-20)42-29(30,31)32/h3-5,8,13-16,21,37H,6-7,9-12,17H2,1-2H3,(H,33,34,39)/b13-8+/t21-/m1/s1. The molecule has 3 heterocycles. The Morgan fingerprint density at radius 2 is 1.81 bits per heavy atom. The molecule has 14 heteroatoms. The number of amides is 2. The van der Waals surface area contributed by atoms with E-state index in [2.05, 4.69) is 15.0 Å². The lowest BCUT2D eigenvalue weighted by molar-refractivity contribution is -0.274. The Hall–Kier alpha value is -3.75. The first-order valence-corrected chi connectivity index (χ1v) is 15.2. The second-order valence-corrected chi connectivity index (χ2v) is 12.7. The van der Waals surface area contributed by atoms with Gasteiger partial charge in [0.15, 0.2) is 0 Å². The highest BCUT2D eigenvalue weighted by Gasteiger charge is 2.47. The summed E-state index contributed by atoms with van der Waals surface area (Å²) in [6, 6.07) is 8.43. The largest absolute Gasteiger partial charge is 0.573 e. The molecule has 3 aliphatic heterocycles. The fourth-order valence-electron chi connectivity index (χ4n) is 5.81. The number of ether oxygens (including phenoxy) is 1.